The van der Waals surface area contributed by atoms with Crippen LogP contribution in [0.25, 0.3) is 0 Å². The standard InChI is InChI=1S/C10H15N3O/c1-8-7-14-6-5-13(8)10-9(11)3-2-4-12-10/h2-4,8H,5-7,11H2,1H3. The predicted octanol–water partition coefficient (Wildman–Crippen LogP) is 0.889. The van der Waals surface area contributed by atoms with Gasteiger partial charge in [-0.15, -0.1) is 0 Å². The van der Waals surface area contributed by atoms with E-state index < -0.39 is 0 Å². The van der Waals surface area contributed by atoms with Gasteiger partial charge in [-0.2, -0.15) is 0 Å². The number of hydrogen-bond acceptors (Lipinski definition) is 4. The second-order valence-corrected chi connectivity index (χ2v) is 3.53. The summed E-state index contributed by atoms with van der Waals surface area (Å²) < 4.78 is 5.36. The summed E-state index contributed by atoms with van der Waals surface area (Å²) in [6, 6.07) is 4.08. The molecule has 1 saturated heterocycles. The van der Waals surface area contributed by atoms with Gasteiger partial charge in [0.2, 0.25) is 0 Å². The Kier molecular flexibility index (Phi) is 2.54. The van der Waals surface area contributed by atoms with Crippen molar-refractivity contribution in [3.63, 3.8) is 0 Å². The first kappa shape index (κ1) is 9.27. The molecule has 2 heterocycles. The smallest absolute Gasteiger partial charge is 0.152 e. The summed E-state index contributed by atoms with van der Waals surface area (Å²) in [7, 11) is 0. The Hall–Kier alpha value is -1.29. The molecule has 4 nitrogen and oxygen atoms in total. The molecule has 0 radical (unpaired) electrons. The number of aromatic nitrogens is 1. The molecule has 1 fully saturated rings. The number of morpholine rings is 1. The molecular formula is C10H15N3O. The van der Waals surface area contributed by atoms with Crippen LogP contribution in [0.5, 0.6) is 0 Å². The van der Waals surface area contributed by atoms with Gasteiger partial charge in [-0.25, -0.2) is 4.98 Å². The van der Waals surface area contributed by atoms with Crippen molar-refractivity contribution in [2.24, 2.45) is 0 Å². The molecule has 1 aliphatic rings. The Bertz CT molecular complexity index is 316. The van der Waals surface area contributed by atoms with Crippen molar-refractivity contribution < 1.29 is 4.74 Å². The van der Waals surface area contributed by atoms with Gasteiger partial charge in [0.1, 0.15) is 0 Å². The third kappa shape index (κ3) is 1.65. The Morgan fingerprint density at radius 2 is 2.50 bits per heavy atom. The number of rotatable bonds is 1. The van der Waals surface area contributed by atoms with E-state index in [2.05, 4.69) is 16.8 Å². The molecule has 1 aliphatic heterocycles. The number of ether oxygens (including phenoxy) is 1. The van der Waals surface area contributed by atoms with Gasteiger partial charge < -0.3 is 15.4 Å². The van der Waals surface area contributed by atoms with Crippen LogP contribution in [0.2, 0.25) is 0 Å². The highest BCUT2D eigenvalue weighted by atomic mass is 16.5. The summed E-state index contributed by atoms with van der Waals surface area (Å²) in [4.78, 5) is 6.49. The largest absolute Gasteiger partial charge is 0.396 e. The molecule has 0 spiro atoms. The highest BCUT2D eigenvalue weighted by Gasteiger charge is 2.21. The summed E-state index contributed by atoms with van der Waals surface area (Å²) in [6.07, 6.45) is 1.77. The lowest BCUT2D eigenvalue weighted by atomic mass is 10.2. The van der Waals surface area contributed by atoms with Gasteiger partial charge in [-0.3, -0.25) is 0 Å². The number of hydrogen-bond donors (Lipinski definition) is 1. The topological polar surface area (TPSA) is 51.4 Å². The minimum absolute atomic E-state index is 0.348. The first-order valence-electron chi connectivity index (χ1n) is 4.84. The Balaban J connectivity index is 2.25. The first-order chi connectivity index (χ1) is 6.79. The quantitative estimate of drug-likeness (QED) is 0.719. The van der Waals surface area contributed by atoms with Crippen molar-refractivity contribution >= 4 is 11.5 Å². The maximum absolute atomic E-state index is 5.87. The zero-order chi connectivity index (χ0) is 9.97. The molecule has 0 aliphatic carbocycles. The lowest BCUT2D eigenvalue weighted by molar-refractivity contribution is 0.0986. The van der Waals surface area contributed by atoms with Crippen LogP contribution < -0.4 is 10.6 Å². The normalized spacial score (nSPS) is 22.4. The zero-order valence-corrected chi connectivity index (χ0v) is 8.31. The third-order valence-corrected chi connectivity index (χ3v) is 2.46. The van der Waals surface area contributed by atoms with E-state index in [0.717, 1.165) is 31.3 Å². The molecule has 1 unspecified atom stereocenters. The number of nitrogen functional groups attached to an aromatic ring is 1. The summed E-state index contributed by atoms with van der Waals surface area (Å²) in [6.45, 7) is 4.48. The van der Waals surface area contributed by atoms with Gasteiger partial charge in [-0.1, -0.05) is 0 Å². The van der Waals surface area contributed by atoms with Gasteiger partial charge in [0.15, 0.2) is 5.82 Å². The van der Waals surface area contributed by atoms with Gasteiger partial charge >= 0.3 is 0 Å². The Morgan fingerprint density at radius 1 is 1.64 bits per heavy atom. The van der Waals surface area contributed by atoms with Crippen molar-refractivity contribution in [2.75, 3.05) is 30.4 Å². The van der Waals surface area contributed by atoms with Crippen molar-refractivity contribution in [1.82, 2.24) is 4.98 Å². The molecule has 1 aromatic heterocycles. The van der Waals surface area contributed by atoms with Crippen LogP contribution in [0.3, 0.4) is 0 Å². The van der Waals surface area contributed by atoms with Crippen LogP contribution >= 0.6 is 0 Å². The molecule has 0 saturated carbocycles. The Morgan fingerprint density at radius 3 is 3.21 bits per heavy atom. The number of nitrogens with zero attached hydrogens (tertiary/aromatic N) is 2. The van der Waals surface area contributed by atoms with Crippen LogP contribution in [-0.2, 0) is 4.74 Å². The van der Waals surface area contributed by atoms with Crippen molar-refractivity contribution in [3.05, 3.63) is 18.3 Å². The van der Waals surface area contributed by atoms with Gasteiger partial charge in [-0.05, 0) is 19.1 Å². The SMILES string of the molecule is CC1COCCN1c1ncccc1N. The molecule has 76 valence electrons. The first-order valence-corrected chi connectivity index (χ1v) is 4.84. The summed E-state index contributed by atoms with van der Waals surface area (Å²) in [5, 5.41) is 0. The Labute approximate surface area is 83.7 Å². The van der Waals surface area contributed by atoms with E-state index in [4.69, 9.17) is 10.5 Å². The number of pyridine rings is 1. The molecule has 0 aromatic carbocycles. The van der Waals surface area contributed by atoms with Crippen LogP contribution in [0.15, 0.2) is 18.3 Å². The van der Waals surface area contributed by atoms with Crippen LogP contribution in [-0.4, -0.2) is 30.8 Å². The van der Waals surface area contributed by atoms with Gasteiger partial charge in [0, 0.05) is 12.7 Å². The number of anilines is 2. The second-order valence-electron chi connectivity index (χ2n) is 3.53. The minimum atomic E-state index is 0.348. The van der Waals surface area contributed by atoms with Crippen LogP contribution in [0.1, 0.15) is 6.92 Å². The maximum Gasteiger partial charge on any atom is 0.152 e. The molecule has 0 amide bonds. The van der Waals surface area contributed by atoms with Gasteiger partial charge in [0.05, 0.1) is 24.9 Å². The monoisotopic (exact) mass is 193 g/mol. The van der Waals surface area contributed by atoms with Crippen molar-refractivity contribution in [2.45, 2.75) is 13.0 Å². The third-order valence-electron chi connectivity index (χ3n) is 2.46. The lowest BCUT2D eigenvalue weighted by Crippen LogP contribution is -2.44. The van der Waals surface area contributed by atoms with E-state index in [1.54, 1.807) is 6.20 Å². The van der Waals surface area contributed by atoms with Crippen molar-refractivity contribution in [3.8, 4) is 0 Å². The molecule has 4 heteroatoms. The van der Waals surface area contributed by atoms with E-state index >= 15 is 0 Å². The summed E-state index contributed by atoms with van der Waals surface area (Å²) in [5.74, 6) is 0.878. The average Bonchev–Trinajstić information content (AvgIpc) is 2.20. The minimum Gasteiger partial charge on any atom is -0.396 e. The summed E-state index contributed by atoms with van der Waals surface area (Å²) >= 11 is 0. The van der Waals surface area contributed by atoms with Crippen LogP contribution in [0, 0.1) is 0 Å². The fourth-order valence-corrected chi connectivity index (χ4v) is 1.69. The molecular weight excluding hydrogens is 178 g/mol. The number of nitrogens with two attached hydrogens (primary N) is 1. The zero-order valence-electron chi connectivity index (χ0n) is 8.31. The average molecular weight is 193 g/mol. The van der Waals surface area contributed by atoms with Crippen molar-refractivity contribution in [1.29, 1.82) is 0 Å². The molecule has 0 bridgehead atoms. The highest BCUT2D eigenvalue weighted by molar-refractivity contribution is 5.62. The maximum atomic E-state index is 5.87. The molecule has 1 atom stereocenters. The predicted molar refractivity (Wildman–Crippen MR) is 56.3 cm³/mol. The van der Waals surface area contributed by atoms with E-state index in [-0.39, 0.29) is 0 Å². The molecule has 2 rings (SSSR count). The van der Waals surface area contributed by atoms with E-state index in [9.17, 15) is 0 Å². The van der Waals surface area contributed by atoms with E-state index in [1.165, 1.54) is 0 Å². The van der Waals surface area contributed by atoms with E-state index in [1.807, 2.05) is 12.1 Å². The molecule has 14 heavy (non-hydrogen) atoms. The van der Waals surface area contributed by atoms with E-state index in [0.29, 0.717) is 6.04 Å². The fraction of sp³-hybridized carbons (Fsp3) is 0.500. The summed E-state index contributed by atoms with van der Waals surface area (Å²) in [5.41, 5.74) is 6.61. The lowest BCUT2D eigenvalue weighted by Gasteiger charge is -2.34. The molecule has 2 N–H and O–H groups in total. The van der Waals surface area contributed by atoms with Gasteiger partial charge in [0.25, 0.3) is 0 Å². The fourth-order valence-electron chi connectivity index (χ4n) is 1.69. The second kappa shape index (κ2) is 3.84. The highest BCUT2D eigenvalue weighted by Crippen LogP contribution is 2.22. The molecule has 1 aromatic rings. The van der Waals surface area contributed by atoms with Crippen LogP contribution in [0.4, 0.5) is 11.5 Å².